The van der Waals surface area contributed by atoms with Gasteiger partial charge in [0.25, 0.3) is 0 Å². The lowest BCUT2D eigenvalue weighted by Gasteiger charge is -2.15. The highest BCUT2D eigenvalue weighted by molar-refractivity contribution is 7.80. The molecule has 1 amide bonds. The maximum absolute atomic E-state index is 10.4. The molecule has 0 rings (SSSR count). The normalized spacial score (nSPS) is 16.9. The molecule has 1 atom stereocenters. The van der Waals surface area contributed by atoms with Gasteiger partial charge in [-0.1, -0.05) is 0 Å². The molecule has 0 unspecified atom stereocenters. The number of carbonyl (C=O) groups excluding carboxylic acids is 1. The van der Waals surface area contributed by atoms with Crippen molar-refractivity contribution in [1.29, 1.82) is 0 Å². The second-order valence-electron chi connectivity index (χ2n) is 1.68. The zero-order chi connectivity index (χ0) is 7.49. The van der Waals surface area contributed by atoms with Gasteiger partial charge in [0, 0.05) is 7.12 Å². The van der Waals surface area contributed by atoms with E-state index in [4.69, 9.17) is 12.8 Å². The number of thiol groups is 1. The lowest BCUT2D eigenvalue weighted by molar-refractivity contribution is -0.121. The van der Waals surface area contributed by atoms with E-state index in [1.165, 1.54) is 0 Å². The van der Waals surface area contributed by atoms with Crippen LogP contribution < -0.4 is 11.5 Å². The summed E-state index contributed by atoms with van der Waals surface area (Å²) in [6.45, 7) is -0.216. The third kappa shape index (κ3) is 3.61. The highest BCUT2D eigenvalue weighted by Gasteiger charge is 2.22. The number of halogens is 1. The van der Waals surface area contributed by atoms with Gasteiger partial charge in [0.05, 0.1) is 0 Å². The van der Waals surface area contributed by atoms with Gasteiger partial charge in [-0.3, -0.25) is 4.79 Å². The Labute approximate surface area is 67.4 Å². The van der Waals surface area contributed by atoms with Crippen LogP contribution in [0.25, 0.3) is 0 Å². The molecule has 0 aliphatic carbocycles. The number of carbonyl (C=O) groups is 1. The van der Waals surface area contributed by atoms with Gasteiger partial charge in [0.2, 0.25) is 5.91 Å². The fourth-order valence-electron chi connectivity index (χ4n) is 0.0779. The molecule has 4 N–H and O–H groups in total. The predicted octanol–water partition coefficient (Wildman–Crippen LogP) is -0.459. The Morgan fingerprint density at radius 3 is 2.44 bits per heavy atom. The summed E-state index contributed by atoms with van der Waals surface area (Å²) >= 11 is 3.77. The van der Waals surface area contributed by atoms with E-state index < -0.39 is 11.4 Å². The molecule has 0 aromatic carbocycles. The highest BCUT2D eigenvalue weighted by Crippen LogP contribution is 1.98. The summed E-state index contributed by atoms with van der Waals surface area (Å²) in [5.41, 5.74) is 8.91. The topological polar surface area (TPSA) is 69.1 Å². The van der Waals surface area contributed by atoms with Gasteiger partial charge in [-0.2, -0.15) is 12.6 Å². The summed E-state index contributed by atoms with van der Waals surface area (Å²) in [4.78, 5) is 10.4. The third-order valence-electron chi connectivity index (χ3n) is 0.773. The maximum Gasteiger partial charge on any atom is 0.238 e. The van der Waals surface area contributed by atoms with E-state index in [-0.39, 0.29) is 25.1 Å². The molecule has 0 spiro atoms. The van der Waals surface area contributed by atoms with E-state index in [1.54, 1.807) is 0 Å². The number of nitrogens with two attached hydrogens (primary N) is 2. The number of rotatable bonds is 2. The standard InChI is InChI=1S/C4H10N2OS.ClH/c1-4(6,2-8)3(5)7;/h8H,2,6H2,1H3,(H2,5,7);1H/t4-;/m0./s1/i1D;. The van der Waals surface area contributed by atoms with Gasteiger partial charge in [-0.05, 0) is 6.90 Å². The second-order valence-corrected chi connectivity index (χ2v) is 1.99. The minimum absolute atomic E-state index is 0. The zero-order valence-corrected chi connectivity index (χ0v) is 6.54. The summed E-state index contributed by atoms with van der Waals surface area (Å²) in [5.74, 6) is -0.557. The van der Waals surface area contributed by atoms with E-state index in [9.17, 15) is 4.79 Å². The Morgan fingerprint density at radius 1 is 2.00 bits per heavy atom. The number of hydrogen-bond acceptors (Lipinski definition) is 3. The fourth-order valence-corrected chi connectivity index (χ4v) is 0.234. The van der Waals surface area contributed by atoms with Crippen LogP contribution in [0.4, 0.5) is 0 Å². The van der Waals surface area contributed by atoms with Gasteiger partial charge >= 0.3 is 0 Å². The predicted molar refractivity (Wildman–Crippen MR) is 42.9 cm³/mol. The van der Waals surface area contributed by atoms with E-state index in [0.717, 1.165) is 0 Å². The van der Waals surface area contributed by atoms with Crippen LogP contribution in [0, 0.1) is 0 Å². The van der Waals surface area contributed by atoms with Crippen LogP contribution in [0.2, 0.25) is 0 Å². The summed E-state index contributed by atoms with van der Waals surface area (Å²) in [7, 11) is 0. The molecule has 0 aliphatic rings. The molecule has 9 heavy (non-hydrogen) atoms. The molecular formula is C4H11ClN2OS. The van der Waals surface area contributed by atoms with Crippen LogP contribution in [0.5, 0.6) is 0 Å². The van der Waals surface area contributed by atoms with Crippen molar-refractivity contribution in [1.82, 2.24) is 0 Å². The minimum atomic E-state index is -1.25. The fraction of sp³-hybridized carbons (Fsp3) is 0.750. The average Bonchev–Trinajstić information content (AvgIpc) is 1.86. The van der Waals surface area contributed by atoms with E-state index in [0.29, 0.717) is 0 Å². The number of amides is 1. The van der Waals surface area contributed by atoms with Crippen molar-refractivity contribution in [3.63, 3.8) is 0 Å². The van der Waals surface area contributed by atoms with Crippen LogP contribution in [0.3, 0.4) is 0 Å². The summed E-state index contributed by atoms with van der Waals surface area (Å²) in [6, 6.07) is 0. The molecule has 0 aromatic heterocycles. The van der Waals surface area contributed by atoms with E-state index >= 15 is 0 Å². The Bertz CT molecular complexity index is 120. The van der Waals surface area contributed by atoms with Crippen LogP contribution in [0.1, 0.15) is 8.27 Å². The lowest BCUT2D eigenvalue weighted by atomic mass is 10.1. The summed E-state index contributed by atoms with van der Waals surface area (Å²) < 4.78 is 6.81. The van der Waals surface area contributed by atoms with Crippen molar-refractivity contribution in [3.05, 3.63) is 0 Å². The quantitative estimate of drug-likeness (QED) is 0.493. The van der Waals surface area contributed by atoms with Crippen molar-refractivity contribution in [2.45, 2.75) is 12.4 Å². The Morgan fingerprint density at radius 2 is 2.44 bits per heavy atom. The molecule has 0 saturated heterocycles. The van der Waals surface area contributed by atoms with Gasteiger partial charge < -0.3 is 11.5 Å². The van der Waals surface area contributed by atoms with Gasteiger partial charge in [-0.25, -0.2) is 0 Å². The second kappa shape index (κ2) is 3.98. The van der Waals surface area contributed by atoms with Crippen molar-refractivity contribution in [3.8, 4) is 0 Å². The van der Waals surface area contributed by atoms with Crippen LogP contribution in [0.15, 0.2) is 0 Å². The van der Waals surface area contributed by atoms with Gasteiger partial charge in [0.1, 0.15) is 5.54 Å². The summed E-state index contributed by atoms with van der Waals surface area (Å²) in [5, 5.41) is 0. The van der Waals surface area contributed by atoms with Crippen molar-refractivity contribution in [2.75, 3.05) is 5.75 Å². The molecule has 0 aromatic rings. The Balaban J connectivity index is 0. The molecule has 0 radical (unpaired) electrons. The van der Waals surface area contributed by atoms with Crippen LogP contribution in [-0.4, -0.2) is 17.2 Å². The Kier molecular flexibility index (Phi) is 4.01. The highest BCUT2D eigenvalue weighted by atomic mass is 35.5. The number of hydrogen-bond donors (Lipinski definition) is 3. The van der Waals surface area contributed by atoms with Gasteiger partial charge in [0.15, 0.2) is 0 Å². The largest absolute Gasteiger partial charge is 0.368 e. The molecule has 0 fully saturated rings. The molecule has 0 aliphatic heterocycles. The molecular weight excluding hydrogens is 160 g/mol. The first kappa shape index (κ1) is 9.07. The Hall–Kier alpha value is 0.0700. The molecule has 3 nitrogen and oxygen atoms in total. The van der Waals surface area contributed by atoms with E-state index in [1.807, 2.05) is 0 Å². The molecule has 5 heteroatoms. The maximum atomic E-state index is 10.4. The molecule has 0 heterocycles. The van der Waals surface area contributed by atoms with E-state index in [2.05, 4.69) is 12.6 Å². The summed E-state index contributed by atoms with van der Waals surface area (Å²) in [6.07, 6.45) is 0. The van der Waals surface area contributed by atoms with Crippen LogP contribution in [-0.2, 0) is 4.79 Å². The minimum Gasteiger partial charge on any atom is -0.368 e. The first-order valence-corrected chi connectivity index (χ1v) is 2.69. The van der Waals surface area contributed by atoms with Gasteiger partial charge in [-0.15, -0.1) is 12.4 Å². The van der Waals surface area contributed by atoms with Crippen molar-refractivity contribution >= 4 is 30.9 Å². The van der Waals surface area contributed by atoms with Crippen molar-refractivity contribution in [2.24, 2.45) is 11.5 Å². The molecule has 56 valence electrons. The molecule has 0 saturated carbocycles. The first-order chi connectivity index (χ1) is 4.06. The smallest absolute Gasteiger partial charge is 0.238 e. The van der Waals surface area contributed by atoms with Crippen molar-refractivity contribution < 1.29 is 6.17 Å². The molecule has 0 bridgehead atoms. The average molecular weight is 172 g/mol. The van der Waals surface area contributed by atoms with Crippen LogP contribution >= 0.6 is 25.0 Å². The third-order valence-corrected chi connectivity index (χ3v) is 1.34. The first-order valence-electron chi connectivity index (χ1n) is 2.76. The SMILES string of the molecule is Cl.[2H]C[C@](N)(CS)C(N)=O. The lowest BCUT2D eigenvalue weighted by Crippen LogP contribution is -2.50. The number of primary amides is 1. The zero-order valence-electron chi connectivity index (χ0n) is 5.83. The monoisotopic (exact) mass is 171 g/mol.